The average Bonchev–Trinajstić information content (AvgIpc) is 2.80. The number of rotatable bonds is 2. The fourth-order valence-corrected chi connectivity index (χ4v) is 2.52. The van der Waals surface area contributed by atoms with Gasteiger partial charge in [-0.05, 0) is 24.0 Å². The number of hydrogen-bond acceptors (Lipinski definition) is 3. The van der Waals surface area contributed by atoms with Crippen LogP contribution in [-0.4, -0.2) is 22.5 Å². The number of imide groups is 1. The molecule has 3 amide bonds. The second-order valence-corrected chi connectivity index (χ2v) is 5.51. The van der Waals surface area contributed by atoms with Crippen LogP contribution in [0, 0.1) is 5.41 Å². The molecular weight excluding hydrogens is 230 g/mol. The number of hydrogen-bond donors (Lipinski definition) is 2. The lowest BCUT2D eigenvalue weighted by atomic mass is 10.1. The third-order valence-electron chi connectivity index (χ3n) is 3.84. The fourth-order valence-electron chi connectivity index (χ4n) is 2.52. The highest BCUT2D eigenvalue weighted by Crippen LogP contribution is 2.58. The molecule has 2 aliphatic rings. The third kappa shape index (κ3) is 1.33. The van der Waals surface area contributed by atoms with E-state index in [0.717, 1.165) is 10.7 Å². The average molecular weight is 245 g/mol. The van der Waals surface area contributed by atoms with Crippen molar-refractivity contribution in [2.24, 2.45) is 5.41 Å². The van der Waals surface area contributed by atoms with E-state index in [1.807, 2.05) is 44.2 Å². The van der Waals surface area contributed by atoms with E-state index in [1.54, 1.807) is 0 Å². The van der Waals surface area contributed by atoms with E-state index in [9.17, 15) is 9.59 Å². The Morgan fingerprint density at radius 1 is 1.22 bits per heavy atom. The van der Waals surface area contributed by atoms with Crippen LogP contribution in [0.25, 0.3) is 0 Å². The van der Waals surface area contributed by atoms with Crippen molar-refractivity contribution in [3.63, 3.8) is 0 Å². The molecule has 5 heteroatoms. The van der Waals surface area contributed by atoms with Crippen LogP contribution in [0.2, 0.25) is 0 Å². The molecule has 1 saturated heterocycles. The van der Waals surface area contributed by atoms with E-state index >= 15 is 0 Å². The quantitative estimate of drug-likeness (QED) is 0.780. The summed E-state index contributed by atoms with van der Waals surface area (Å²) in [5, 5.41) is 3.86. The van der Waals surface area contributed by atoms with Crippen molar-refractivity contribution in [1.29, 1.82) is 0 Å². The molecule has 0 aromatic heterocycles. The van der Waals surface area contributed by atoms with E-state index in [2.05, 4.69) is 10.7 Å². The van der Waals surface area contributed by atoms with E-state index in [1.165, 1.54) is 0 Å². The molecule has 1 heterocycles. The van der Waals surface area contributed by atoms with Crippen LogP contribution in [0.3, 0.4) is 0 Å². The van der Waals surface area contributed by atoms with Gasteiger partial charge in [0.15, 0.2) is 0 Å². The molecule has 1 atom stereocenters. The molecule has 3 rings (SSSR count). The molecule has 0 bridgehead atoms. The maximum absolute atomic E-state index is 12.3. The van der Waals surface area contributed by atoms with Gasteiger partial charge in [-0.25, -0.2) is 4.79 Å². The van der Waals surface area contributed by atoms with E-state index in [4.69, 9.17) is 0 Å². The van der Waals surface area contributed by atoms with Gasteiger partial charge in [0.1, 0.15) is 5.54 Å². The Kier molecular flexibility index (Phi) is 2.00. The fraction of sp³-hybridized carbons (Fsp3) is 0.385. The predicted molar refractivity (Wildman–Crippen MR) is 66.6 cm³/mol. The zero-order valence-corrected chi connectivity index (χ0v) is 10.4. The first-order valence-electron chi connectivity index (χ1n) is 5.95. The molecule has 1 aliphatic heterocycles. The molecule has 94 valence electrons. The van der Waals surface area contributed by atoms with Crippen molar-refractivity contribution in [2.45, 2.75) is 25.8 Å². The summed E-state index contributed by atoms with van der Waals surface area (Å²) in [6.45, 7) is 3.97. The summed E-state index contributed by atoms with van der Waals surface area (Å²) in [5.74, 6) is -0.193. The number of hydrazine groups is 1. The second-order valence-electron chi connectivity index (χ2n) is 5.51. The van der Waals surface area contributed by atoms with Gasteiger partial charge in [-0.1, -0.05) is 32.0 Å². The molecule has 18 heavy (non-hydrogen) atoms. The summed E-state index contributed by atoms with van der Waals surface area (Å²) < 4.78 is 0. The number of nitrogens with zero attached hydrogens (tertiary/aromatic N) is 1. The Hall–Kier alpha value is -2.04. The number of carbonyl (C=O) groups is 2. The van der Waals surface area contributed by atoms with Gasteiger partial charge in [-0.2, -0.15) is 5.01 Å². The molecule has 2 N–H and O–H groups in total. The summed E-state index contributed by atoms with van der Waals surface area (Å²) in [6, 6.07) is 8.81. The van der Waals surface area contributed by atoms with Crippen molar-refractivity contribution < 1.29 is 9.59 Å². The maximum atomic E-state index is 12.3. The minimum absolute atomic E-state index is 0.160. The van der Waals surface area contributed by atoms with Gasteiger partial charge in [0.05, 0.1) is 5.69 Å². The van der Waals surface area contributed by atoms with Crippen molar-refractivity contribution in [3.05, 3.63) is 30.3 Å². The van der Waals surface area contributed by atoms with Crippen LogP contribution in [0.5, 0.6) is 0 Å². The maximum Gasteiger partial charge on any atom is 0.344 e. The lowest BCUT2D eigenvalue weighted by molar-refractivity contribution is -0.128. The summed E-state index contributed by atoms with van der Waals surface area (Å²) in [6.07, 6.45) is 0.692. The van der Waals surface area contributed by atoms with Crippen LogP contribution >= 0.6 is 0 Å². The summed E-state index contributed by atoms with van der Waals surface area (Å²) >= 11 is 0. The Morgan fingerprint density at radius 2 is 1.83 bits per heavy atom. The topological polar surface area (TPSA) is 61.4 Å². The normalized spacial score (nSPS) is 28.4. The Balaban J connectivity index is 1.83. The minimum Gasteiger partial charge on any atom is -0.321 e. The monoisotopic (exact) mass is 245 g/mol. The SMILES string of the molecule is CC1(C)CC12NC(=O)N(Nc1ccccc1)C2=O. The van der Waals surface area contributed by atoms with Crippen molar-refractivity contribution >= 4 is 17.6 Å². The first kappa shape index (κ1) is 11.1. The highest BCUT2D eigenvalue weighted by molar-refractivity contribution is 6.10. The Morgan fingerprint density at radius 3 is 2.33 bits per heavy atom. The first-order valence-corrected chi connectivity index (χ1v) is 5.95. The Bertz CT molecular complexity index is 526. The highest BCUT2D eigenvalue weighted by atomic mass is 16.2. The van der Waals surface area contributed by atoms with Gasteiger partial charge in [-0.15, -0.1) is 0 Å². The number of amides is 3. The summed E-state index contributed by atoms with van der Waals surface area (Å²) in [7, 11) is 0. The van der Waals surface area contributed by atoms with Gasteiger partial charge in [-0.3, -0.25) is 10.2 Å². The van der Waals surface area contributed by atoms with E-state index in [-0.39, 0.29) is 17.4 Å². The van der Waals surface area contributed by atoms with Gasteiger partial charge >= 0.3 is 6.03 Å². The lowest BCUT2D eigenvalue weighted by Crippen LogP contribution is -2.38. The Labute approximate surface area is 105 Å². The molecule has 1 aliphatic carbocycles. The van der Waals surface area contributed by atoms with Crippen molar-refractivity contribution in [1.82, 2.24) is 10.3 Å². The molecule has 1 saturated carbocycles. The predicted octanol–water partition coefficient (Wildman–Crippen LogP) is 1.73. The van der Waals surface area contributed by atoms with E-state index < -0.39 is 5.54 Å². The van der Waals surface area contributed by atoms with Crippen LogP contribution in [0.4, 0.5) is 10.5 Å². The lowest BCUT2D eigenvalue weighted by Gasteiger charge is -2.16. The molecule has 1 unspecified atom stereocenters. The standard InChI is InChI=1S/C13H15N3O2/c1-12(2)8-13(12)10(17)16(11(18)14-13)15-9-6-4-3-5-7-9/h3-7,15H,8H2,1-2H3,(H,14,18). The molecule has 1 aromatic carbocycles. The van der Waals surface area contributed by atoms with Gasteiger partial charge in [0, 0.05) is 0 Å². The van der Waals surface area contributed by atoms with Gasteiger partial charge in [0.25, 0.3) is 5.91 Å². The van der Waals surface area contributed by atoms with Crippen LogP contribution < -0.4 is 10.7 Å². The van der Waals surface area contributed by atoms with E-state index in [0.29, 0.717) is 6.42 Å². The summed E-state index contributed by atoms with van der Waals surface area (Å²) in [5.41, 5.74) is 2.70. The van der Waals surface area contributed by atoms with Gasteiger partial charge < -0.3 is 5.32 Å². The molecular formula is C13H15N3O2. The third-order valence-corrected chi connectivity index (χ3v) is 3.84. The number of nitrogens with one attached hydrogen (secondary N) is 2. The molecule has 5 nitrogen and oxygen atoms in total. The zero-order valence-electron chi connectivity index (χ0n) is 10.4. The number of anilines is 1. The number of urea groups is 1. The van der Waals surface area contributed by atoms with Crippen LogP contribution in [-0.2, 0) is 4.79 Å². The van der Waals surface area contributed by atoms with Crippen LogP contribution in [0.15, 0.2) is 30.3 Å². The highest BCUT2D eigenvalue weighted by Gasteiger charge is 2.72. The van der Waals surface area contributed by atoms with Crippen LogP contribution in [0.1, 0.15) is 20.3 Å². The number of benzene rings is 1. The zero-order chi connectivity index (χ0) is 13.0. The number of carbonyl (C=O) groups excluding carboxylic acids is 2. The minimum atomic E-state index is -0.703. The van der Waals surface area contributed by atoms with Crippen molar-refractivity contribution in [2.75, 3.05) is 5.43 Å². The van der Waals surface area contributed by atoms with Gasteiger partial charge in [0.2, 0.25) is 0 Å². The molecule has 2 fully saturated rings. The second kappa shape index (κ2) is 3.25. The largest absolute Gasteiger partial charge is 0.344 e. The smallest absolute Gasteiger partial charge is 0.321 e. The summed E-state index contributed by atoms with van der Waals surface area (Å²) in [4.78, 5) is 24.2. The molecule has 0 radical (unpaired) electrons. The number of para-hydroxylation sites is 1. The molecule has 1 aromatic rings. The van der Waals surface area contributed by atoms with Crippen molar-refractivity contribution in [3.8, 4) is 0 Å². The molecule has 1 spiro atoms. The first-order chi connectivity index (χ1) is 8.46.